The summed E-state index contributed by atoms with van der Waals surface area (Å²) in [6.45, 7) is -0.477. The zero-order valence-electron chi connectivity index (χ0n) is 13.1. The third-order valence-electron chi connectivity index (χ3n) is 3.10. The third kappa shape index (κ3) is 5.13. The molecule has 0 bridgehead atoms. The average molecular weight is 345 g/mol. The average Bonchev–Trinajstić information content (AvgIpc) is 2.51. The number of rotatable bonds is 8. The van der Waals surface area contributed by atoms with Crippen LogP contribution in [0.5, 0.6) is 11.5 Å². The molecule has 0 atom stereocenters. The highest BCUT2D eigenvalue weighted by Crippen LogP contribution is 2.29. The summed E-state index contributed by atoms with van der Waals surface area (Å²) in [7, 11) is 0.421. The van der Waals surface area contributed by atoms with Crippen LogP contribution >= 0.6 is 0 Å². The highest BCUT2D eigenvalue weighted by Gasteiger charge is 2.20. The lowest BCUT2D eigenvalue weighted by molar-refractivity contribution is -0.143. The van der Waals surface area contributed by atoms with Gasteiger partial charge in [0, 0.05) is 19.5 Å². The van der Waals surface area contributed by atoms with Gasteiger partial charge in [-0.1, -0.05) is 0 Å². The number of aliphatic carboxylic acids is 1. The Kier molecular flexibility index (Phi) is 6.38. The maximum Gasteiger partial charge on any atom is 0.323 e. The van der Waals surface area contributed by atoms with Crippen LogP contribution in [0.2, 0.25) is 0 Å². The first kappa shape index (κ1) is 18.8. The summed E-state index contributed by atoms with van der Waals surface area (Å²) < 4.78 is 34.6. The summed E-state index contributed by atoms with van der Waals surface area (Å²) in [4.78, 5) is 23.2. The number of amides is 1. The van der Waals surface area contributed by atoms with Crippen molar-refractivity contribution < 1.29 is 32.6 Å². The van der Waals surface area contributed by atoms with E-state index in [1.807, 2.05) is 0 Å². The number of carbonyl (C=O) groups is 2. The fourth-order valence-corrected chi connectivity index (χ4v) is 3.07. The molecule has 8 nitrogen and oxygen atoms in total. The molecular weight excluding hydrogens is 326 g/mol. The Morgan fingerprint density at radius 1 is 1.17 bits per heavy atom. The van der Waals surface area contributed by atoms with Crippen LogP contribution < -0.4 is 9.47 Å². The molecule has 128 valence electrons. The van der Waals surface area contributed by atoms with Crippen molar-refractivity contribution in [3.8, 4) is 11.5 Å². The van der Waals surface area contributed by atoms with Gasteiger partial charge >= 0.3 is 5.97 Å². The minimum Gasteiger partial charge on any atom is -0.493 e. The van der Waals surface area contributed by atoms with Gasteiger partial charge in [-0.15, -0.1) is 0 Å². The first-order valence-corrected chi connectivity index (χ1v) is 8.27. The fourth-order valence-electron chi connectivity index (χ4n) is 1.83. The Morgan fingerprint density at radius 3 is 2.30 bits per heavy atom. The molecule has 0 aliphatic heterocycles. The summed E-state index contributed by atoms with van der Waals surface area (Å²) >= 11 is 0. The molecule has 1 rings (SSSR count). The quantitative estimate of drug-likeness (QED) is 0.726. The largest absolute Gasteiger partial charge is 0.493 e. The Labute approximate surface area is 134 Å². The maximum absolute atomic E-state index is 12.3. The molecular formula is C14H19NO7S. The van der Waals surface area contributed by atoms with Gasteiger partial charge in [-0.25, -0.2) is 8.42 Å². The van der Waals surface area contributed by atoms with Crippen molar-refractivity contribution in [3.05, 3.63) is 18.2 Å². The van der Waals surface area contributed by atoms with E-state index >= 15 is 0 Å². The van der Waals surface area contributed by atoms with Crippen LogP contribution in [-0.4, -0.2) is 63.9 Å². The van der Waals surface area contributed by atoms with E-state index in [0.717, 1.165) is 4.90 Å². The Morgan fingerprint density at radius 2 is 1.78 bits per heavy atom. The standard InChI is InChI=1S/C14H19NO7S/c1-15(9-14(17)18)13(16)6-7-23(19,20)10-4-5-11(21-2)12(8-10)22-3/h4-5,8H,6-7,9H2,1-3H3,(H,17,18). The van der Waals surface area contributed by atoms with E-state index < -0.39 is 34.0 Å². The number of likely N-dealkylation sites (N-methyl/N-ethyl adjacent to an activating group) is 1. The molecule has 0 saturated carbocycles. The van der Waals surface area contributed by atoms with Crippen molar-refractivity contribution in [2.75, 3.05) is 33.6 Å². The normalized spacial score (nSPS) is 10.9. The molecule has 0 unspecified atom stereocenters. The summed E-state index contributed by atoms with van der Waals surface area (Å²) in [5.41, 5.74) is 0. The Hall–Kier alpha value is -2.29. The number of nitrogens with zero attached hydrogens (tertiary/aromatic N) is 1. The fraction of sp³-hybridized carbons (Fsp3) is 0.429. The summed E-state index contributed by atoms with van der Waals surface area (Å²) in [5, 5.41) is 8.61. The first-order chi connectivity index (χ1) is 10.7. The summed E-state index contributed by atoms with van der Waals surface area (Å²) in [6, 6.07) is 4.14. The number of benzene rings is 1. The zero-order valence-corrected chi connectivity index (χ0v) is 13.9. The number of carboxylic acid groups (broad SMARTS) is 1. The molecule has 9 heteroatoms. The van der Waals surface area contributed by atoms with Gasteiger partial charge in [-0.3, -0.25) is 9.59 Å². The minimum absolute atomic E-state index is 0.00355. The monoisotopic (exact) mass is 345 g/mol. The molecule has 23 heavy (non-hydrogen) atoms. The lowest BCUT2D eigenvalue weighted by Crippen LogP contribution is -2.33. The third-order valence-corrected chi connectivity index (χ3v) is 4.81. The van der Waals surface area contributed by atoms with Gasteiger partial charge in [0.15, 0.2) is 21.3 Å². The van der Waals surface area contributed by atoms with E-state index in [-0.39, 0.29) is 17.1 Å². The minimum atomic E-state index is -3.71. The van der Waals surface area contributed by atoms with Gasteiger partial charge in [-0.2, -0.15) is 0 Å². The van der Waals surface area contributed by atoms with Crippen LogP contribution in [0.4, 0.5) is 0 Å². The second-order valence-corrected chi connectivity index (χ2v) is 6.84. The van der Waals surface area contributed by atoms with Gasteiger partial charge < -0.3 is 19.5 Å². The molecule has 0 saturated heterocycles. The molecule has 0 spiro atoms. The lowest BCUT2D eigenvalue weighted by Gasteiger charge is -2.14. The summed E-state index contributed by atoms with van der Waals surface area (Å²) in [6.07, 6.45) is -0.305. The molecule has 0 aromatic heterocycles. The van der Waals surface area contributed by atoms with Crippen LogP contribution in [-0.2, 0) is 19.4 Å². The number of ether oxygens (including phenoxy) is 2. The predicted octanol–water partition coefficient (Wildman–Crippen LogP) is 0.411. The van der Waals surface area contributed by atoms with Gasteiger partial charge in [-0.05, 0) is 12.1 Å². The first-order valence-electron chi connectivity index (χ1n) is 6.61. The van der Waals surface area contributed by atoms with Crippen LogP contribution in [0.15, 0.2) is 23.1 Å². The van der Waals surface area contributed by atoms with Crippen molar-refractivity contribution in [1.82, 2.24) is 4.90 Å². The van der Waals surface area contributed by atoms with Crippen LogP contribution in [0.3, 0.4) is 0 Å². The second-order valence-electron chi connectivity index (χ2n) is 4.73. The molecule has 1 aromatic rings. The van der Waals surface area contributed by atoms with E-state index in [1.54, 1.807) is 0 Å². The van der Waals surface area contributed by atoms with Crippen molar-refractivity contribution >= 4 is 21.7 Å². The zero-order chi connectivity index (χ0) is 17.6. The van der Waals surface area contributed by atoms with Crippen molar-refractivity contribution in [3.63, 3.8) is 0 Å². The second kappa shape index (κ2) is 7.82. The van der Waals surface area contributed by atoms with Crippen LogP contribution in [0, 0.1) is 0 Å². The number of sulfone groups is 1. The Balaban J connectivity index is 2.84. The molecule has 0 radical (unpaired) electrons. The highest BCUT2D eigenvalue weighted by atomic mass is 32.2. The molecule has 0 heterocycles. The number of methoxy groups -OCH3 is 2. The van der Waals surface area contributed by atoms with E-state index in [9.17, 15) is 18.0 Å². The molecule has 0 aliphatic rings. The van der Waals surface area contributed by atoms with E-state index in [2.05, 4.69) is 0 Å². The van der Waals surface area contributed by atoms with E-state index in [1.165, 1.54) is 39.5 Å². The van der Waals surface area contributed by atoms with Crippen LogP contribution in [0.1, 0.15) is 6.42 Å². The van der Waals surface area contributed by atoms with Gasteiger partial charge in [0.25, 0.3) is 0 Å². The SMILES string of the molecule is COc1ccc(S(=O)(=O)CCC(=O)N(C)CC(=O)O)cc1OC. The Bertz CT molecular complexity index is 684. The molecule has 0 aliphatic carbocycles. The van der Waals surface area contributed by atoms with Gasteiger partial charge in [0.05, 0.1) is 24.9 Å². The maximum atomic E-state index is 12.3. The highest BCUT2D eigenvalue weighted by molar-refractivity contribution is 7.91. The van der Waals surface area contributed by atoms with Crippen molar-refractivity contribution in [2.45, 2.75) is 11.3 Å². The smallest absolute Gasteiger partial charge is 0.323 e. The lowest BCUT2D eigenvalue weighted by atomic mass is 10.3. The van der Waals surface area contributed by atoms with E-state index in [4.69, 9.17) is 14.6 Å². The molecule has 0 fully saturated rings. The number of carboxylic acids is 1. The number of carbonyl (C=O) groups excluding carboxylic acids is 1. The van der Waals surface area contributed by atoms with Gasteiger partial charge in [0.1, 0.15) is 6.54 Å². The number of hydrogen-bond acceptors (Lipinski definition) is 6. The van der Waals surface area contributed by atoms with E-state index in [0.29, 0.717) is 5.75 Å². The number of hydrogen-bond donors (Lipinski definition) is 1. The topological polar surface area (TPSA) is 110 Å². The molecule has 1 aromatic carbocycles. The van der Waals surface area contributed by atoms with Crippen molar-refractivity contribution in [2.24, 2.45) is 0 Å². The van der Waals surface area contributed by atoms with Crippen molar-refractivity contribution in [1.29, 1.82) is 0 Å². The van der Waals surface area contributed by atoms with Crippen LogP contribution in [0.25, 0.3) is 0 Å². The predicted molar refractivity (Wildman–Crippen MR) is 81.5 cm³/mol. The molecule has 1 N–H and O–H groups in total. The molecule has 1 amide bonds. The van der Waals surface area contributed by atoms with Gasteiger partial charge in [0.2, 0.25) is 5.91 Å². The summed E-state index contributed by atoms with van der Waals surface area (Å²) in [5.74, 6) is -1.49.